The molecule has 2 amide bonds. The number of aliphatic imine (C=N–C) groups is 1. The lowest BCUT2D eigenvalue weighted by atomic mass is 10.1. The Morgan fingerprint density at radius 3 is 2.59 bits per heavy atom. The van der Waals surface area contributed by atoms with Crippen LogP contribution in [-0.2, 0) is 9.59 Å². The molecule has 3 N–H and O–H groups in total. The van der Waals surface area contributed by atoms with E-state index >= 15 is 0 Å². The van der Waals surface area contributed by atoms with Gasteiger partial charge in [-0.25, -0.2) is 0 Å². The van der Waals surface area contributed by atoms with Gasteiger partial charge in [-0.1, -0.05) is 48.5 Å². The summed E-state index contributed by atoms with van der Waals surface area (Å²) in [7, 11) is 0. The summed E-state index contributed by atoms with van der Waals surface area (Å²) in [5.41, 5.74) is 7.11. The van der Waals surface area contributed by atoms with Gasteiger partial charge >= 0.3 is 0 Å². The van der Waals surface area contributed by atoms with E-state index < -0.39 is 0 Å². The second-order valence-corrected chi connectivity index (χ2v) is 7.36. The number of nitrogens with one attached hydrogen (secondary N) is 1. The van der Waals surface area contributed by atoms with Crippen LogP contribution in [0.1, 0.15) is 5.56 Å². The van der Waals surface area contributed by atoms with Gasteiger partial charge in [0.25, 0.3) is 11.8 Å². The molecule has 144 valence electrons. The highest BCUT2D eigenvalue weighted by Crippen LogP contribution is 2.27. The van der Waals surface area contributed by atoms with Gasteiger partial charge in [-0.3, -0.25) is 9.59 Å². The third kappa shape index (κ3) is 4.47. The number of amides is 2. The molecule has 1 aliphatic rings. The van der Waals surface area contributed by atoms with Gasteiger partial charge in [0, 0.05) is 11.1 Å². The number of hydrogen-bond acceptors (Lipinski definition) is 5. The Bertz CT molecular complexity index is 1150. The Morgan fingerprint density at radius 2 is 1.83 bits per heavy atom. The van der Waals surface area contributed by atoms with Gasteiger partial charge in [-0.05, 0) is 47.0 Å². The third-order valence-corrected chi connectivity index (χ3v) is 5.06. The van der Waals surface area contributed by atoms with Crippen LogP contribution in [-0.4, -0.2) is 23.6 Å². The van der Waals surface area contributed by atoms with Crippen molar-refractivity contribution in [2.75, 3.05) is 11.9 Å². The summed E-state index contributed by atoms with van der Waals surface area (Å²) in [4.78, 5) is 28.1. The topological polar surface area (TPSA) is 93.8 Å². The predicted molar refractivity (Wildman–Crippen MR) is 117 cm³/mol. The molecule has 0 radical (unpaired) electrons. The number of anilines is 1. The zero-order chi connectivity index (χ0) is 20.2. The predicted octanol–water partition coefficient (Wildman–Crippen LogP) is 3.79. The Kier molecular flexibility index (Phi) is 5.31. The highest BCUT2D eigenvalue weighted by Gasteiger charge is 2.19. The fourth-order valence-electron chi connectivity index (χ4n) is 2.91. The Balaban J connectivity index is 1.36. The van der Waals surface area contributed by atoms with Gasteiger partial charge in [0.2, 0.25) is 0 Å². The number of benzene rings is 3. The summed E-state index contributed by atoms with van der Waals surface area (Å²) in [5.74, 6) is -0.0209. The number of ether oxygens (including phenoxy) is 1. The molecule has 0 saturated carbocycles. The second-order valence-electron chi connectivity index (χ2n) is 6.30. The molecule has 0 unspecified atom stereocenters. The van der Waals surface area contributed by atoms with Crippen molar-refractivity contribution in [3.05, 3.63) is 77.2 Å². The van der Waals surface area contributed by atoms with E-state index in [-0.39, 0.29) is 23.6 Å². The monoisotopic (exact) mass is 403 g/mol. The molecule has 0 saturated heterocycles. The quantitative estimate of drug-likeness (QED) is 0.632. The van der Waals surface area contributed by atoms with E-state index in [1.165, 1.54) is 0 Å². The minimum Gasteiger partial charge on any atom is -0.484 e. The van der Waals surface area contributed by atoms with Crippen molar-refractivity contribution in [1.29, 1.82) is 0 Å². The molecule has 4 rings (SSSR count). The Morgan fingerprint density at radius 1 is 1.07 bits per heavy atom. The number of amidine groups is 1. The number of hydrogen-bond donors (Lipinski definition) is 2. The van der Waals surface area contributed by atoms with E-state index in [2.05, 4.69) is 10.3 Å². The molecular weight excluding hydrogens is 386 g/mol. The maximum atomic E-state index is 12.3. The molecule has 3 aromatic carbocycles. The molecule has 1 aliphatic heterocycles. The average Bonchev–Trinajstić information content (AvgIpc) is 3.04. The fourth-order valence-corrected chi connectivity index (χ4v) is 3.59. The summed E-state index contributed by atoms with van der Waals surface area (Å²) in [5, 5.41) is 5.17. The molecule has 7 heteroatoms. The smallest absolute Gasteiger partial charge is 0.286 e. The van der Waals surface area contributed by atoms with Gasteiger partial charge in [-0.15, -0.1) is 0 Å². The van der Waals surface area contributed by atoms with Crippen LogP contribution in [0.2, 0.25) is 0 Å². The molecule has 0 fully saturated rings. The molecule has 0 atom stereocenters. The van der Waals surface area contributed by atoms with Crippen LogP contribution in [0, 0.1) is 0 Å². The zero-order valence-corrected chi connectivity index (χ0v) is 16.1. The number of thioether (sulfide) groups is 1. The van der Waals surface area contributed by atoms with Gasteiger partial charge < -0.3 is 15.8 Å². The standard InChI is InChI=1S/C22H17N3O3S/c23-22-25-21(27)19(29-22)12-14-8-10-16(11-9-14)28-13-20(26)24-18-7-3-5-15-4-1-2-6-17(15)18/h1-12H,13H2,(H,24,26)(H2,23,25,27)/b19-12-. The van der Waals surface area contributed by atoms with Crippen molar-refractivity contribution < 1.29 is 14.3 Å². The maximum Gasteiger partial charge on any atom is 0.286 e. The van der Waals surface area contributed by atoms with Crippen molar-refractivity contribution in [2.45, 2.75) is 0 Å². The highest BCUT2D eigenvalue weighted by molar-refractivity contribution is 8.18. The lowest BCUT2D eigenvalue weighted by Crippen LogP contribution is -2.20. The number of carbonyl (C=O) groups excluding carboxylic acids is 2. The minimum absolute atomic E-state index is 0.109. The van der Waals surface area contributed by atoms with Crippen molar-refractivity contribution in [1.82, 2.24) is 0 Å². The second kappa shape index (κ2) is 8.20. The lowest BCUT2D eigenvalue weighted by molar-refractivity contribution is -0.118. The number of nitrogens with zero attached hydrogens (tertiary/aromatic N) is 1. The van der Waals surface area contributed by atoms with Gasteiger partial charge in [-0.2, -0.15) is 4.99 Å². The maximum absolute atomic E-state index is 12.3. The van der Waals surface area contributed by atoms with Crippen LogP contribution in [0.5, 0.6) is 5.75 Å². The van der Waals surface area contributed by atoms with Crippen LogP contribution in [0.3, 0.4) is 0 Å². The SMILES string of the molecule is NC1=NC(=O)/C(=C/c2ccc(OCC(=O)Nc3cccc4ccccc34)cc2)S1. The number of carbonyl (C=O) groups is 2. The summed E-state index contributed by atoms with van der Waals surface area (Å²) >= 11 is 1.14. The summed E-state index contributed by atoms with van der Waals surface area (Å²) in [6.07, 6.45) is 1.72. The van der Waals surface area contributed by atoms with E-state index in [4.69, 9.17) is 10.5 Å². The molecule has 29 heavy (non-hydrogen) atoms. The first-order chi connectivity index (χ1) is 14.1. The van der Waals surface area contributed by atoms with Crippen LogP contribution >= 0.6 is 11.8 Å². The molecule has 0 aromatic heterocycles. The molecule has 6 nitrogen and oxygen atoms in total. The van der Waals surface area contributed by atoms with E-state index in [0.29, 0.717) is 10.7 Å². The molecule has 3 aromatic rings. The molecule has 0 aliphatic carbocycles. The van der Waals surface area contributed by atoms with Crippen molar-refractivity contribution >= 4 is 51.3 Å². The first-order valence-electron chi connectivity index (χ1n) is 8.87. The van der Waals surface area contributed by atoms with Crippen molar-refractivity contribution in [2.24, 2.45) is 10.7 Å². The summed E-state index contributed by atoms with van der Waals surface area (Å²) in [6, 6.07) is 20.7. The van der Waals surface area contributed by atoms with Crippen molar-refractivity contribution in [3.8, 4) is 5.75 Å². The summed E-state index contributed by atoms with van der Waals surface area (Å²) in [6.45, 7) is -0.109. The molecular formula is C22H17N3O3S. The first-order valence-corrected chi connectivity index (χ1v) is 9.69. The van der Waals surface area contributed by atoms with E-state index in [0.717, 1.165) is 33.8 Å². The van der Waals surface area contributed by atoms with Crippen molar-refractivity contribution in [3.63, 3.8) is 0 Å². The molecule has 0 spiro atoms. The molecule has 1 heterocycles. The first kappa shape index (κ1) is 18.8. The lowest BCUT2D eigenvalue weighted by Gasteiger charge is -2.10. The van der Waals surface area contributed by atoms with E-state index in [9.17, 15) is 9.59 Å². The zero-order valence-electron chi connectivity index (χ0n) is 15.3. The fraction of sp³-hybridized carbons (Fsp3) is 0.0455. The number of fused-ring (bicyclic) bond motifs is 1. The van der Waals surface area contributed by atoms with E-state index in [1.807, 2.05) is 42.5 Å². The third-order valence-electron chi connectivity index (χ3n) is 4.25. The van der Waals surface area contributed by atoms with Crippen LogP contribution in [0.15, 0.2) is 76.6 Å². The summed E-state index contributed by atoms with van der Waals surface area (Å²) < 4.78 is 5.57. The Labute approximate surface area is 171 Å². The van der Waals surface area contributed by atoms with Gasteiger partial charge in [0.15, 0.2) is 11.8 Å². The number of rotatable bonds is 5. The minimum atomic E-state index is -0.335. The average molecular weight is 403 g/mol. The molecule has 0 bridgehead atoms. The van der Waals surface area contributed by atoms with Crippen LogP contribution in [0.25, 0.3) is 16.8 Å². The Hall–Kier alpha value is -3.58. The normalized spacial score (nSPS) is 14.8. The largest absolute Gasteiger partial charge is 0.484 e. The van der Waals surface area contributed by atoms with Crippen LogP contribution in [0.4, 0.5) is 5.69 Å². The number of nitrogens with two attached hydrogens (primary N) is 1. The highest BCUT2D eigenvalue weighted by atomic mass is 32.2. The van der Waals surface area contributed by atoms with Gasteiger partial charge in [0.05, 0.1) is 4.91 Å². The van der Waals surface area contributed by atoms with Gasteiger partial charge in [0.1, 0.15) is 5.75 Å². The van der Waals surface area contributed by atoms with E-state index in [1.54, 1.807) is 30.3 Å². The van der Waals surface area contributed by atoms with Crippen LogP contribution < -0.4 is 15.8 Å².